The van der Waals surface area contributed by atoms with Gasteiger partial charge in [-0.2, -0.15) is 0 Å². The summed E-state index contributed by atoms with van der Waals surface area (Å²) in [6.07, 6.45) is 0. The normalized spacial score (nSPS) is 13.8. The zero-order valence-electron chi connectivity index (χ0n) is 9.90. The lowest BCUT2D eigenvalue weighted by Gasteiger charge is -2.16. The summed E-state index contributed by atoms with van der Waals surface area (Å²) in [5.74, 6) is -0.462. The molecule has 1 unspecified atom stereocenters. The number of carbonyl (C=O) groups is 2. The van der Waals surface area contributed by atoms with E-state index in [0.29, 0.717) is 11.4 Å². The number of rotatable bonds is 5. The van der Waals surface area contributed by atoms with Crippen LogP contribution < -0.4 is 16.4 Å². The van der Waals surface area contributed by atoms with Crippen molar-refractivity contribution in [2.24, 2.45) is 5.73 Å². The Morgan fingerprint density at radius 1 is 1.41 bits per heavy atom. The van der Waals surface area contributed by atoms with Gasteiger partial charge in [-0.25, -0.2) is 0 Å². The maximum atomic E-state index is 11.7. The number of thiophene rings is 1. The quantitative estimate of drug-likeness (QED) is 0.709. The van der Waals surface area contributed by atoms with Gasteiger partial charge in [-0.3, -0.25) is 9.59 Å². The molecule has 0 aliphatic heterocycles. The summed E-state index contributed by atoms with van der Waals surface area (Å²) in [6, 6.07) is 2.84. The van der Waals surface area contributed by atoms with E-state index in [4.69, 9.17) is 5.73 Å². The van der Waals surface area contributed by atoms with Crippen LogP contribution in [0.5, 0.6) is 0 Å². The van der Waals surface area contributed by atoms with E-state index in [1.54, 1.807) is 19.1 Å². The molecule has 0 saturated heterocycles. The van der Waals surface area contributed by atoms with E-state index in [0.717, 1.165) is 0 Å². The van der Waals surface area contributed by atoms with Crippen molar-refractivity contribution in [3.8, 4) is 0 Å². The molecule has 2 atom stereocenters. The second-order valence-electron chi connectivity index (χ2n) is 3.82. The molecule has 0 spiro atoms. The van der Waals surface area contributed by atoms with Crippen molar-refractivity contribution in [3.63, 3.8) is 0 Å². The van der Waals surface area contributed by atoms with Crippen LogP contribution >= 0.6 is 11.3 Å². The Balaban J connectivity index is 2.46. The van der Waals surface area contributed by atoms with Gasteiger partial charge in [0.15, 0.2) is 0 Å². The molecule has 0 aliphatic carbocycles. The van der Waals surface area contributed by atoms with Gasteiger partial charge in [-0.1, -0.05) is 6.07 Å². The average Bonchev–Trinajstić information content (AvgIpc) is 2.82. The number of nitrogens with two attached hydrogens (primary N) is 1. The van der Waals surface area contributed by atoms with Gasteiger partial charge in [-0.15, -0.1) is 11.3 Å². The van der Waals surface area contributed by atoms with Gasteiger partial charge in [-0.05, 0) is 25.3 Å². The van der Waals surface area contributed by atoms with E-state index in [1.165, 1.54) is 11.3 Å². The molecular formula is C11H17N3O2S. The highest BCUT2D eigenvalue weighted by atomic mass is 32.1. The number of nitrogens with one attached hydrogen (secondary N) is 2. The fourth-order valence-corrected chi connectivity index (χ4v) is 1.79. The molecule has 1 heterocycles. The molecule has 0 aliphatic rings. The van der Waals surface area contributed by atoms with Gasteiger partial charge < -0.3 is 16.4 Å². The van der Waals surface area contributed by atoms with Crippen LogP contribution in [0.4, 0.5) is 0 Å². The molecule has 2 amide bonds. The Morgan fingerprint density at radius 3 is 2.65 bits per heavy atom. The predicted octanol–water partition coefficient (Wildman–Crippen LogP) is 0.330. The Labute approximate surface area is 104 Å². The Kier molecular flexibility index (Phi) is 5.11. The highest BCUT2D eigenvalue weighted by molar-refractivity contribution is 7.12. The molecular weight excluding hydrogens is 238 g/mol. The molecule has 1 aromatic rings. The van der Waals surface area contributed by atoms with Crippen molar-refractivity contribution in [1.29, 1.82) is 0 Å². The summed E-state index contributed by atoms with van der Waals surface area (Å²) < 4.78 is 0. The van der Waals surface area contributed by atoms with Crippen molar-refractivity contribution < 1.29 is 9.59 Å². The van der Waals surface area contributed by atoms with Gasteiger partial charge in [0.25, 0.3) is 5.91 Å². The Bertz CT molecular complexity index is 378. The number of carbonyl (C=O) groups excluding carboxylic acids is 2. The van der Waals surface area contributed by atoms with Crippen LogP contribution in [0.1, 0.15) is 23.5 Å². The zero-order valence-corrected chi connectivity index (χ0v) is 10.7. The van der Waals surface area contributed by atoms with Crippen molar-refractivity contribution in [2.75, 3.05) is 6.54 Å². The summed E-state index contributed by atoms with van der Waals surface area (Å²) in [5.41, 5.74) is 5.40. The lowest BCUT2D eigenvalue weighted by Crippen LogP contribution is -2.48. The third-order valence-corrected chi connectivity index (χ3v) is 3.10. The van der Waals surface area contributed by atoms with Crippen LogP contribution in [-0.2, 0) is 4.79 Å². The van der Waals surface area contributed by atoms with E-state index in [2.05, 4.69) is 10.6 Å². The molecule has 0 aromatic carbocycles. The Morgan fingerprint density at radius 2 is 2.12 bits per heavy atom. The third kappa shape index (κ3) is 4.16. The zero-order chi connectivity index (χ0) is 12.8. The fourth-order valence-electron chi connectivity index (χ4n) is 1.17. The van der Waals surface area contributed by atoms with Gasteiger partial charge in [0.2, 0.25) is 5.91 Å². The minimum absolute atomic E-state index is 0.0939. The van der Waals surface area contributed by atoms with Crippen LogP contribution in [-0.4, -0.2) is 30.4 Å². The van der Waals surface area contributed by atoms with Crippen LogP contribution in [0.15, 0.2) is 17.5 Å². The van der Waals surface area contributed by atoms with E-state index >= 15 is 0 Å². The first-order valence-electron chi connectivity index (χ1n) is 5.39. The Hall–Kier alpha value is -1.40. The molecule has 17 heavy (non-hydrogen) atoms. The molecule has 1 aromatic heterocycles. The molecule has 5 nitrogen and oxygen atoms in total. The first kappa shape index (κ1) is 13.7. The maximum absolute atomic E-state index is 11.7. The standard InChI is InChI=1S/C11H17N3O2S/c1-7(6-12)13-10(15)8(2)14-11(16)9-4-3-5-17-9/h3-5,7-8H,6,12H2,1-2H3,(H,13,15)(H,14,16)/t7-,8?/m0/s1. The summed E-state index contributed by atoms with van der Waals surface area (Å²) in [4.78, 5) is 23.9. The van der Waals surface area contributed by atoms with E-state index in [-0.39, 0.29) is 17.9 Å². The van der Waals surface area contributed by atoms with Crippen molar-refractivity contribution in [1.82, 2.24) is 10.6 Å². The topological polar surface area (TPSA) is 84.2 Å². The minimum Gasteiger partial charge on any atom is -0.351 e. The lowest BCUT2D eigenvalue weighted by atomic mass is 10.2. The highest BCUT2D eigenvalue weighted by Crippen LogP contribution is 2.08. The number of amides is 2. The second kappa shape index (κ2) is 6.36. The van der Waals surface area contributed by atoms with Crippen molar-refractivity contribution in [3.05, 3.63) is 22.4 Å². The molecule has 0 saturated carbocycles. The molecule has 4 N–H and O–H groups in total. The minimum atomic E-state index is -0.571. The van der Waals surface area contributed by atoms with Gasteiger partial charge >= 0.3 is 0 Å². The summed E-state index contributed by atoms with van der Waals surface area (Å²) in [7, 11) is 0. The van der Waals surface area contributed by atoms with E-state index in [9.17, 15) is 9.59 Å². The molecule has 0 bridgehead atoms. The van der Waals surface area contributed by atoms with E-state index < -0.39 is 6.04 Å². The number of hydrogen-bond acceptors (Lipinski definition) is 4. The van der Waals surface area contributed by atoms with Crippen molar-refractivity contribution in [2.45, 2.75) is 25.9 Å². The number of hydrogen-bond donors (Lipinski definition) is 3. The smallest absolute Gasteiger partial charge is 0.261 e. The van der Waals surface area contributed by atoms with Crippen LogP contribution in [0.25, 0.3) is 0 Å². The maximum Gasteiger partial charge on any atom is 0.261 e. The van der Waals surface area contributed by atoms with Crippen LogP contribution in [0.2, 0.25) is 0 Å². The van der Waals surface area contributed by atoms with Gasteiger partial charge in [0.05, 0.1) is 4.88 Å². The molecule has 1 rings (SSSR count). The summed E-state index contributed by atoms with van der Waals surface area (Å²) in [5, 5.41) is 7.15. The molecule has 94 valence electrons. The highest BCUT2D eigenvalue weighted by Gasteiger charge is 2.17. The largest absolute Gasteiger partial charge is 0.351 e. The van der Waals surface area contributed by atoms with E-state index in [1.807, 2.05) is 12.3 Å². The summed E-state index contributed by atoms with van der Waals surface area (Å²) in [6.45, 7) is 3.83. The van der Waals surface area contributed by atoms with Crippen LogP contribution in [0.3, 0.4) is 0 Å². The molecule has 6 heteroatoms. The average molecular weight is 255 g/mol. The molecule has 0 radical (unpaired) electrons. The second-order valence-corrected chi connectivity index (χ2v) is 4.77. The van der Waals surface area contributed by atoms with Gasteiger partial charge in [0.1, 0.15) is 6.04 Å². The third-order valence-electron chi connectivity index (χ3n) is 2.23. The molecule has 0 fully saturated rings. The van der Waals surface area contributed by atoms with Gasteiger partial charge in [0, 0.05) is 12.6 Å². The van der Waals surface area contributed by atoms with Crippen LogP contribution in [0, 0.1) is 0 Å². The monoisotopic (exact) mass is 255 g/mol. The fraction of sp³-hybridized carbons (Fsp3) is 0.455. The first-order chi connectivity index (χ1) is 8.04. The first-order valence-corrected chi connectivity index (χ1v) is 6.27. The summed E-state index contributed by atoms with van der Waals surface area (Å²) >= 11 is 1.34. The lowest BCUT2D eigenvalue weighted by molar-refractivity contribution is -0.123. The SMILES string of the molecule is CC(NC(=O)c1cccs1)C(=O)N[C@@H](C)CN. The van der Waals surface area contributed by atoms with Crippen molar-refractivity contribution >= 4 is 23.2 Å². The predicted molar refractivity (Wildman–Crippen MR) is 67.9 cm³/mol.